The van der Waals surface area contributed by atoms with Gasteiger partial charge in [-0.3, -0.25) is 9.32 Å². The fraction of sp³-hybridized carbons (Fsp3) is 0.727. The molecule has 0 unspecified atom stereocenters. The Morgan fingerprint density at radius 1 is 1.50 bits per heavy atom. The Labute approximate surface area is 106 Å². The molecule has 0 aliphatic carbocycles. The Kier molecular flexibility index (Phi) is 6.13. The largest absolute Gasteiger partial charge is 0.439 e. The van der Waals surface area contributed by atoms with Gasteiger partial charge in [0.2, 0.25) is 0 Å². The highest BCUT2D eigenvalue weighted by molar-refractivity contribution is 5.77. The molecule has 0 saturated carbocycles. The number of carbonyl (C=O) groups is 1. The van der Waals surface area contributed by atoms with Gasteiger partial charge in [-0.2, -0.15) is 4.98 Å². The highest BCUT2D eigenvalue weighted by Gasteiger charge is 2.11. The van der Waals surface area contributed by atoms with Crippen LogP contribution in [0.3, 0.4) is 0 Å². The van der Waals surface area contributed by atoms with Gasteiger partial charge in [0.1, 0.15) is 0 Å². The molecule has 102 valence electrons. The van der Waals surface area contributed by atoms with Gasteiger partial charge < -0.3 is 14.8 Å². The summed E-state index contributed by atoms with van der Waals surface area (Å²) in [5.41, 5.74) is 0. The van der Waals surface area contributed by atoms with Crippen molar-refractivity contribution in [2.45, 2.75) is 26.2 Å². The van der Waals surface area contributed by atoms with E-state index in [-0.39, 0.29) is 24.5 Å². The quantitative estimate of drug-likeness (QED) is 0.691. The van der Waals surface area contributed by atoms with Gasteiger partial charge in [-0.1, -0.05) is 19.0 Å². The number of hydrogen-bond donors (Lipinski definition) is 1. The van der Waals surface area contributed by atoms with Gasteiger partial charge in [0.05, 0.1) is 0 Å². The van der Waals surface area contributed by atoms with E-state index in [1.165, 1.54) is 0 Å². The fourth-order valence-corrected chi connectivity index (χ4v) is 1.14. The Bertz CT molecular complexity index is 365. The van der Waals surface area contributed by atoms with Gasteiger partial charge >= 0.3 is 6.08 Å². The van der Waals surface area contributed by atoms with Crippen molar-refractivity contribution in [1.82, 2.24) is 15.5 Å². The molecule has 0 aromatic carbocycles. The van der Waals surface area contributed by atoms with Crippen LogP contribution in [0.2, 0.25) is 0 Å². The highest BCUT2D eigenvalue weighted by atomic mass is 16.6. The van der Waals surface area contributed by atoms with E-state index in [1.54, 1.807) is 7.11 Å². The topological polar surface area (TPSA) is 86.5 Å². The third kappa shape index (κ3) is 5.13. The van der Waals surface area contributed by atoms with E-state index in [1.807, 2.05) is 13.8 Å². The maximum atomic E-state index is 11.4. The van der Waals surface area contributed by atoms with E-state index in [0.717, 1.165) is 6.42 Å². The van der Waals surface area contributed by atoms with Crippen LogP contribution >= 0.6 is 0 Å². The van der Waals surface area contributed by atoms with Crippen LogP contribution in [0, 0.1) is 0 Å². The SMILES string of the molecule is COCCCNC(=O)COc1nc(C(C)C)no1. The van der Waals surface area contributed by atoms with Crippen molar-refractivity contribution in [3.63, 3.8) is 0 Å². The van der Waals surface area contributed by atoms with Gasteiger partial charge in [0.25, 0.3) is 5.91 Å². The molecule has 1 amide bonds. The molecule has 0 radical (unpaired) electrons. The summed E-state index contributed by atoms with van der Waals surface area (Å²) in [7, 11) is 1.62. The number of nitrogens with one attached hydrogen (secondary N) is 1. The van der Waals surface area contributed by atoms with Crippen LogP contribution in [0.4, 0.5) is 0 Å². The zero-order chi connectivity index (χ0) is 13.4. The van der Waals surface area contributed by atoms with E-state index in [9.17, 15) is 4.79 Å². The molecule has 1 rings (SSSR count). The molecule has 1 aromatic rings. The number of rotatable bonds is 8. The number of amides is 1. The first kappa shape index (κ1) is 14.4. The van der Waals surface area contributed by atoms with Gasteiger partial charge in [-0.25, -0.2) is 0 Å². The number of hydrogen-bond acceptors (Lipinski definition) is 6. The lowest BCUT2D eigenvalue weighted by molar-refractivity contribution is -0.123. The lowest BCUT2D eigenvalue weighted by Crippen LogP contribution is -2.30. The highest BCUT2D eigenvalue weighted by Crippen LogP contribution is 2.13. The average Bonchev–Trinajstić information content (AvgIpc) is 2.81. The molecular formula is C11H19N3O4. The summed E-state index contributed by atoms with van der Waals surface area (Å²) in [4.78, 5) is 15.3. The van der Waals surface area contributed by atoms with Crippen LogP contribution in [-0.2, 0) is 9.53 Å². The maximum absolute atomic E-state index is 11.4. The van der Waals surface area contributed by atoms with Crippen LogP contribution in [0.1, 0.15) is 32.0 Å². The number of aromatic nitrogens is 2. The number of nitrogens with zero attached hydrogens (tertiary/aromatic N) is 2. The predicted octanol–water partition coefficient (Wildman–Crippen LogP) is 0.724. The summed E-state index contributed by atoms with van der Waals surface area (Å²) in [6, 6.07) is 0. The lowest BCUT2D eigenvalue weighted by Gasteiger charge is -2.03. The van der Waals surface area contributed by atoms with Gasteiger partial charge in [0, 0.05) is 26.2 Å². The van der Waals surface area contributed by atoms with Crippen molar-refractivity contribution >= 4 is 5.91 Å². The number of ether oxygens (including phenoxy) is 2. The molecule has 7 nitrogen and oxygen atoms in total. The zero-order valence-electron chi connectivity index (χ0n) is 10.9. The molecule has 0 aliphatic rings. The molecule has 0 spiro atoms. The van der Waals surface area contributed by atoms with Crippen LogP contribution in [0.25, 0.3) is 0 Å². The molecule has 1 heterocycles. The minimum Gasteiger partial charge on any atom is -0.439 e. The molecule has 0 fully saturated rings. The smallest absolute Gasteiger partial charge is 0.417 e. The minimum atomic E-state index is -0.226. The van der Waals surface area contributed by atoms with Gasteiger partial charge in [-0.15, -0.1) is 0 Å². The maximum Gasteiger partial charge on any atom is 0.417 e. The van der Waals surface area contributed by atoms with E-state index < -0.39 is 0 Å². The first-order valence-corrected chi connectivity index (χ1v) is 5.85. The van der Waals surface area contributed by atoms with Crippen molar-refractivity contribution in [2.75, 3.05) is 26.9 Å². The Morgan fingerprint density at radius 2 is 2.28 bits per heavy atom. The van der Waals surface area contributed by atoms with Crippen molar-refractivity contribution in [3.8, 4) is 6.08 Å². The summed E-state index contributed by atoms with van der Waals surface area (Å²) >= 11 is 0. The predicted molar refractivity (Wildman–Crippen MR) is 63.4 cm³/mol. The normalized spacial score (nSPS) is 10.7. The molecule has 1 aromatic heterocycles. The average molecular weight is 257 g/mol. The molecule has 0 atom stereocenters. The Hall–Kier alpha value is -1.63. The second-order valence-electron chi connectivity index (χ2n) is 4.06. The number of methoxy groups -OCH3 is 1. The van der Waals surface area contributed by atoms with Crippen LogP contribution in [0.5, 0.6) is 6.08 Å². The Morgan fingerprint density at radius 3 is 2.89 bits per heavy atom. The lowest BCUT2D eigenvalue weighted by atomic mass is 10.2. The molecule has 0 aliphatic heterocycles. The first-order valence-electron chi connectivity index (χ1n) is 5.85. The number of carbonyl (C=O) groups excluding carboxylic acids is 1. The van der Waals surface area contributed by atoms with Crippen molar-refractivity contribution in [1.29, 1.82) is 0 Å². The zero-order valence-corrected chi connectivity index (χ0v) is 10.9. The molecular weight excluding hydrogens is 238 g/mol. The van der Waals surface area contributed by atoms with E-state index in [0.29, 0.717) is 19.0 Å². The second kappa shape index (κ2) is 7.65. The van der Waals surface area contributed by atoms with Crippen LogP contribution in [0.15, 0.2) is 4.52 Å². The van der Waals surface area contributed by atoms with Gasteiger partial charge in [0.15, 0.2) is 12.4 Å². The molecule has 0 saturated heterocycles. The summed E-state index contributed by atoms with van der Waals surface area (Å²) < 4.78 is 14.8. The third-order valence-corrected chi connectivity index (χ3v) is 2.11. The summed E-state index contributed by atoms with van der Waals surface area (Å²) in [5.74, 6) is 0.495. The summed E-state index contributed by atoms with van der Waals surface area (Å²) in [6.07, 6.45) is 0.783. The summed E-state index contributed by atoms with van der Waals surface area (Å²) in [6.45, 7) is 4.92. The second-order valence-corrected chi connectivity index (χ2v) is 4.06. The molecule has 18 heavy (non-hydrogen) atoms. The minimum absolute atomic E-state index is 0.0192. The van der Waals surface area contributed by atoms with E-state index in [4.69, 9.17) is 14.0 Å². The van der Waals surface area contributed by atoms with Crippen molar-refractivity contribution in [3.05, 3.63) is 5.82 Å². The standard InChI is InChI=1S/C11H19N3O4/c1-8(2)10-13-11(18-14-10)17-7-9(15)12-5-4-6-16-3/h8H,4-7H2,1-3H3,(H,12,15). The first-order chi connectivity index (χ1) is 8.63. The molecule has 7 heteroatoms. The van der Waals surface area contributed by atoms with Crippen LogP contribution < -0.4 is 10.1 Å². The van der Waals surface area contributed by atoms with E-state index >= 15 is 0 Å². The van der Waals surface area contributed by atoms with Crippen molar-refractivity contribution < 1.29 is 18.8 Å². The fourth-order valence-electron chi connectivity index (χ4n) is 1.14. The van der Waals surface area contributed by atoms with Gasteiger partial charge in [-0.05, 0) is 6.42 Å². The van der Waals surface area contributed by atoms with Crippen LogP contribution in [-0.4, -0.2) is 42.9 Å². The monoisotopic (exact) mass is 257 g/mol. The molecule has 0 bridgehead atoms. The Balaban J connectivity index is 2.21. The third-order valence-electron chi connectivity index (χ3n) is 2.11. The van der Waals surface area contributed by atoms with E-state index in [2.05, 4.69) is 15.5 Å². The summed E-state index contributed by atoms with van der Waals surface area (Å²) in [5, 5.41) is 6.40. The van der Waals surface area contributed by atoms with Crippen molar-refractivity contribution in [2.24, 2.45) is 0 Å². The molecule has 1 N–H and O–H groups in total.